The molecule has 0 aliphatic heterocycles. The molecule has 0 saturated carbocycles. The number of nitrogens with zero attached hydrogens (tertiary/aromatic N) is 1. The van der Waals surface area contributed by atoms with E-state index in [1.54, 1.807) is 0 Å². The smallest absolute Gasteiger partial charge is 0.132 e. The molecule has 60 valence electrons. The summed E-state index contributed by atoms with van der Waals surface area (Å²) in [5, 5.41) is 0. The van der Waals surface area contributed by atoms with E-state index in [2.05, 4.69) is 30.4 Å². The largest absolute Gasteiger partial charge is 0.342 e. The van der Waals surface area contributed by atoms with E-state index in [4.69, 9.17) is 0 Å². The van der Waals surface area contributed by atoms with Crippen LogP contribution in [0, 0.1) is 0 Å². The molecule has 0 aromatic carbocycles. The second-order valence-electron chi connectivity index (χ2n) is 2.57. The number of H-pyrrole nitrogens is 1. The fourth-order valence-electron chi connectivity index (χ4n) is 0.886. The van der Waals surface area contributed by atoms with Gasteiger partial charge in [0, 0.05) is 11.9 Å². The van der Waals surface area contributed by atoms with Gasteiger partial charge in [0.25, 0.3) is 0 Å². The number of aryl methyl sites for hydroxylation is 1. The minimum atomic E-state index is 0.935. The average Bonchev–Trinajstić information content (AvgIpc) is 2.50. The minimum Gasteiger partial charge on any atom is -0.342 e. The number of hydrogen-bond acceptors (Lipinski definition) is 1. The summed E-state index contributed by atoms with van der Waals surface area (Å²) in [4.78, 5) is 7.41. The summed E-state index contributed by atoms with van der Waals surface area (Å²) in [5.74, 6) is 0.935. The van der Waals surface area contributed by atoms with Crippen molar-refractivity contribution in [2.75, 3.05) is 0 Å². The molecule has 0 radical (unpaired) electrons. The lowest BCUT2D eigenvalue weighted by Crippen LogP contribution is -1.84. The average molecular weight is 150 g/mol. The van der Waals surface area contributed by atoms with E-state index in [0.29, 0.717) is 0 Å². The van der Waals surface area contributed by atoms with Gasteiger partial charge in [-0.2, -0.15) is 0 Å². The molecular weight excluding hydrogens is 136 g/mol. The molecule has 1 heterocycles. The molecule has 1 N–H and O–H groups in total. The number of rotatable bonds is 3. The first kappa shape index (κ1) is 8.05. The molecule has 1 aromatic heterocycles. The maximum atomic E-state index is 4.20. The first-order chi connectivity index (χ1) is 5.27. The van der Waals surface area contributed by atoms with Crippen molar-refractivity contribution >= 4 is 5.57 Å². The van der Waals surface area contributed by atoms with E-state index in [0.717, 1.165) is 24.2 Å². The standard InChI is InChI=1S/C9H14N2/c1-4-7(3)9-10-6-8(5-2)11-9/h6H,3-5H2,1-2H3,(H,10,11). The molecule has 2 heteroatoms. The molecule has 0 atom stereocenters. The summed E-state index contributed by atoms with van der Waals surface area (Å²) in [5.41, 5.74) is 2.25. The van der Waals surface area contributed by atoms with Crippen LogP contribution in [0.5, 0.6) is 0 Å². The highest BCUT2D eigenvalue weighted by Gasteiger charge is 2.00. The lowest BCUT2D eigenvalue weighted by molar-refractivity contribution is 1.05. The van der Waals surface area contributed by atoms with Gasteiger partial charge in [-0.25, -0.2) is 4.98 Å². The Bertz CT molecular complexity index is 248. The van der Waals surface area contributed by atoms with Gasteiger partial charge in [0.1, 0.15) is 5.82 Å². The van der Waals surface area contributed by atoms with Crippen molar-refractivity contribution in [1.82, 2.24) is 9.97 Å². The molecular formula is C9H14N2. The summed E-state index contributed by atoms with van der Waals surface area (Å²) in [6, 6.07) is 0. The summed E-state index contributed by atoms with van der Waals surface area (Å²) in [6.07, 6.45) is 3.83. The molecule has 0 aliphatic carbocycles. The van der Waals surface area contributed by atoms with Crippen LogP contribution in [0.15, 0.2) is 12.8 Å². The lowest BCUT2D eigenvalue weighted by Gasteiger charge is -1.94. The topological polar surface area (TPSA) is 28.7 Å². The van der Waals surface area contributed by atoms with Crippen molar-refractivity contribution in [3.05, 3.63) is 24.3 Å². The number of hydrogen-bond donors (Lipinski definition) is 1. The monoisotopic (exact) mass is 150 g/mol. The van der Waals surface area contributed by atoms with Crippen molar-refractivity contribution in [3.8, 4) is 0 Å². The maximum absolute atomic E-state index is 4.20. The number of aromatic amines is 1. The van der Waals surface area contributed by atoms with Gasteiger partial charge in [-0.05, 0) is 18.4 Å². The molecule has 1 rings (SSSR count). The van der Waals surface area contributed by atoms with Crippen LogP contribution >= 0.6 is 0 Å². The first-order valence-corrected chi connectivity index (χ1v) is 4.00. The van der Waals surface area contributed by atoms with Crippen LogP contribution in [0.25, 0.3) is 5.57 Å². The third-order valence-electron chi connectivity index (χ3n) is 1.77. The Morgan fingerprint density at radius 1 is 1.64 bits per heavy atom. The highest BCUT2D eigenvalue weighted by Crippen LogP contribution is 2.11. The quantitative estimate of drug-likeness (QED) is 0.704. The highest BCUT2D eigenvalue weighted by atomic mass is 14.9. The third kappa shape index (κ3) is 1.70. The molecule has 0 aliphatic rings. The predicted octanol–water partition coefficient (Wildman–Crippen LogP) is 2.40. The van der Waals surface area contributed by atoms with E-state index < -0.39 is 0 Å². The fraction of sp³-hybridized carbons (Fsp3) is 0.444. The predicted molar refractivity (Wildman–Crippen MR) is 47.3 cm³/mol. The van der Waals surface area contributed by atoms with Crippen LogP contribution in [0.3, 0.4) is 0 Å². The zero-order valence-corrected chi connectivity index (χ0v) is 7.15. The Hall–Kier alpha value is -1.05. The molecule has 11 heavy (non-hydrogen) atoms. The van der Waals surface area contributed by atoms with Crippen molar-refractivity contribution in [2.45, 2.75) is 26.7 Å². The number of nitrogens with one attached hydrogen (secondary N) is 1. The Labute approximate surface area is 67.4 Å². The normalized spacial score (nSPS) is 10.0. The van der Waals surface area contributed by atoms with Crippen LogP contribution < -0.4 is 0 Å². The Morgan fingerprint density at radius 2 is 2.36 bits per heavy atom. The van der Waals surface area contributed by atoms with Crippen LogP contribution in [0.2, 0.25) is 0 Å². The van der Waals surface area contributed by atoms with Crippen LogP contribution in [0.1, 0.15) is 31.8 Å². The molecule has 1 aromatic rings. The van der Waals surface area contributed by atoms with Gasteiger partial charge in [-0.1, -0.05) is 20.4 Å². The molecule has 0 spiro atoms. The molecule has 2 nitrogen and oxygen atoms in total. The van der Waals surface area contributed by atoms with Gasteiger partial charge in [-0.3, -0.25) is 0 Å². The second kappa shape index (κ2) is 3.37. The van der Waals surface area contributed by atoms with E-state index in [1.165, 1.54) is 5.69 Å². The van der Waals surface area contributed by atoms with Gasteiger partial charge in [0.05, 0.1) is 0 Å². The van der Waals surface area contributed by atoms with Crippen molar-refractivity contribution in [3.63, 3.8) is 0 Å². The Morgan fingerprint density at radius 3 is 2.82 bits per heavy atom. The minimum absolute atomic E-state index is 0.935. The van der Waals surface area contributed by atoms with Gasteiger partial charge >= 0.3 is 0 Å². The fourth-order valence-corrected chi connectivity index (χ4v) is 0.886. The molecule has 0 unspecified atom stereocenters. The van der Waals surface area contributed by atoms with Gasteiger partial charge < -0.3 is 4.98 Å². The van der Waals surface area contributed by atoms with Crippen molar-refractivity contribution < 1.29 is 0 Å². The van der Waals surface area contributed by atoms with Crippen LogP contribution in [0.4, 0.5) is 0 Å². The molecule has 0 bridgehead atoms. The molecule has 0 fully saturated rings. The van der Waals surface area contributed by atoms with E-state index in [-0.39, 0.29) is 0 Å². The van der Waals surface area contributed by atoms with Crippen LogP contribution in [-0.2, 0) is 6.42 Å². The Kier molecular flexibility index (Phi) is 2.47. The summed E-state index contributed by atoms with van der Waals surface area (Å²) in [6.45, 7) is 8.08. The zero-order chi connectivity index (χ0) is 8.27. The van der Waals surface area contributed by atoms with Gasteiger partial charge in [-0.15, -0.1) is 0 Å². The highest BCUT2D eigenvalue weighted by molar-refractivity contribution is 5.56. The number of aromatic nitrogens is 2. The van der Waals surface area contributed by atoms with Crippen molar-refractivity contribution in [2.24, 2.45) is 0 Å². The third-order valence-corrected chi connectivity index (χ3v) is 1.77. The van der Waals surface area contributed by atoms with Gasteiger partial charge in [0.15, 0.2) is 0 Å². The Balaban J connectivity index is 2.80. The summed E-state index contributed by atoms with van der Waals surface area (Å²) < 4.78 is 0. The molecule has 0 amide bonds. The summed E-state index contributed by atoms with van der Waals surface area (Å²) in [7, 11) is 0. The van der Waals surface area contributed by atoms with E-state index in [9.17, 15) is 0 Å². The van der Waals surface area contributed by atoms with Crippen LogP contribution in [-0.4, -0.2) is 9.97 Å². The first-order valence-electron chi connectivity index (χ1n) is 4.00. The number of allylic oxidation sites excluding steroid dienone is 1. The zero-order valence-electron chi connectivity index (χ0n) is 7.15. The number of imidazole rings is 1. The summed E-state index contributed by atoms with van der Waals surface area (Å²) >= 11 is 0. The molecule has 0 saturated heterocycles. The maximum Gasteiger partial charge on any atom is 0.132 e. The lowest BCUT2D eigenvalue weighted by atomic mass is 10.2. The SMILES string of the molecule is C=C(CC)c1ncc(CC)[nH]1. The second-order valence-corrected chi connectivity index (χ2v) is 2.57. The van der Waals surface area contributed by atoms with E-state index in [1.807, 2.05) is 6.20 Å². The van der Waals surface area contributed by atoms with Crippen molar-refractivity contribution in [1.29, 1.82) is 0 Å². The van der Waals surface area contributed by atoms with Gasteiger partial charge in [0.2, 0.25) is 0 Å². The van der Waals surface area contributed by atoms with E-state index >= 15 is 0 Å².